The molecule has 0 saturated carbocycles. The van der Waals surface area contributed by atoms with Crippen molar-refractivity contribution in [3.63, 3.8) is 0 Å². The van der Waals surface area contributed by atoms with Crippen LogP contribution >= 0.6 is 0 Å². The molecule has 0 radical (unpaired) electrons. The zero-order chi connectivity index (χ0) is 14.8. The number of hydrogen-bond donors (Lipinski definition) is 1. The van der Waals surface area contributed by atoms with Crippen LogP contribution in [0.25, 0.3) is 0 Å². The molecule has 1 aliphatic heterocycles. The maximum Gasteiger partial charge on any atom is 0.323 e. The summed E-state index contributed by atoms with van der Waals surface area (Å²) in [6, 6.07) is 6.33. The van der Waals surface area contributed by atoms with Gasteiger partial charge in [0, 0.05) is 0 Å². The van der Waals surface area contributed by atoms with Gasteiger partial charge >= 0.3 is 5.97 Å². The van der Waals surface area contributed by atoms with Crippen molar-refractivity contribution in [2.24, 2.45) is 5.92 Å². The lowest BCUT2D eigenvalue weighted by Crippen LogP contribution is -2.37. The molecule has 1 unspecified atom stereocenters. The standard InChI is InChI=1S/C16H22FNO2/c1-16(2,3)20-15(19)14-9-12(10-18-14)8-11-4-6-13(17)7-5-11/h4-7,12,14,18H,8-10H2,1-3H3/t12?,14-/m1/s1. The summed E-state index contributed by atoms with van der Waals surface area (Å²) in [6.45, 7) is 6.41. The smallest absolute Gasteiger partial charge is 0.323 e. The minimum atomic E-state index is -0.451. The van der Waals surface area contributed by atoms with Crippen LogP contribution in [0, 0.1) is 11.7 Å². The van der Waals surface area contributed by atoms with Gasteiger partial charge in [0.1, 0.15) is 17.5 Å². The largest absolute Gasteiger partial charge is 0.459 e. The Morgan fingerprint density at radius 1 is 1.35 bits per heavy atom. The average Bonchev–Trinajstić information content (AvgIpc) is 2.79. The van der Waals surface area contributed by atoms with Gasteiger partial charge in [-0.2, -0.15) is 0 Å². The monoisotopic (exact) mass is 279 g/mol. The molecule has 110 valence electrons. The summed E-state index contributed by atoms with van der Waals surface area (Å²) >= 11 is 0. The Morgan fingerprint density at radius 2 is 2.00 bits per heavy atom. The van der Waals surface area contributed by atoms with Crippen molar-refractivity contribution in [1.29, 1.82) is 0 Å². The van der Waals surface area contributed by atoms with Crippen LogP contribution in [0.2, 0.25) is 0 Å². The molecular weight excluding hydrogens is 257 g/mol. The van der Waals surface area contributed by atoms with Gasteiger partial charge in [-0.05, 0) is 63.8 Å². The first kappa shape index (κ1) is 15.0. The summed E-state index contributed by atoms with van der Waals surface area (Å²) in [4.78, 5) is 12.0. The van der Waals surface area contributed by atoms with E-state index in [2.05, 4.69) is 5.32 Å². The predicted molar refractivity (Wildman–Crippen MR) is 75.8 cm³/mol. The lowest BCUT2D eigenvalue weighted by molar-refractivity contribution is -0.157. The highest BCUT2D eigenvalue weighted by Crippen LogP contribution is 2.21. The Kier molecular flexibility index (Phi) is 4.43. The van der Waals surface area contributed by atoms with Gasteiger partial charge in [0.05, 0.1) is 0 Å². The van der Waals surface area contributed by atoms with Crippen LogP contribution in [0.15, 0.2) is 24.3 Å². The van der Waals surface area contributed by atoms with Crippen LogP contribution in [0.1, 0.15) is 32.8 Å². The van der Waals surface area contributed by atoms with E-state index in [0.29, 0.717) is 5.92 Å². The number of esters is 1. The van der Waals surface area contributed by atoms with E-state index in [1.807, 2.05) is 20.8 Å². The molecule has 0 amide bonds. The van der Waals surface area contributed by atoms with E-state index in [-0.39, 0.29) is 17.8 Å². The normalized spacial score (nSPS) is 22.8. The van der Waals surface area contributed by atoms with Gasteiger partial charge in [0.25, 0.3) is 0 Å². The van der Waals surface area contributed by atoms with Gasteiger partial charge in [-0.3, -0.25) is 4.79 Å². The number of carbonyl (C=O) groups is 1. The van der Waals surface area contributed by atoms with Crippen LogP contribution < -0.4 is 5.32 Å². The fraction of sp³-hybridized carbons (Fsp3) is 0.562. The molecule has 4 heteroatoms. The Hall–Kier alpha value is -1.42. The Labute approximate surface area is 119 Å². The molecule has 2 atom stereocenters. The average molecular weight is 279 g/mol. The number of halogens is 1. The van der Waals surface area contributed by atoms with Gasteiger partial charge in [-0.15, -0.1) is 0 Å². The van der Waals surface area contributed by atoms with Gasteiger partial charge in [-0.25, -0.2) is 4.39 Å². The highest BCUT2D eigenvalue weighted by atomic mass is 19.1. The zero-order valence-corrected chi connectivity index (χ0v) is 12.3. The van der Waals surface area contributed by atoms with Crippen molar-refractivity contribution < 1.29 is 13.9 Å². The van der Waals surface area contributed by atoms with Crippen molar-refractivity contribution in [3.8, 4) is 0 Å². The number of benzene rings is 1. The van der Waals surface area contributed by atoms with E-state index in [0.717, 1.165) is 24.9 Å². The second-order valence-corrected chi connectivity index (χ2v) is 6.43. The molecule has 3 nitrogen and oxygen atoms in total. The van der Waals surface area contributed by atoms with Crippen molar-refractivity contribution >= 4 is 5.97 Å². The second kappa shape index (κ2) is 5.92. The zero-order valence-electron chi connectivity index (χ0n) is 12.3. The summed E-state index contributed by atoms with van der Waals surface area (Å²) in [5.74, 6) is -0.0120. The van der Waals surface area contributed by atoms with Crippen molar-refractivity contribution in [2.75, 3.05) is 6.54 Å². The summed E-state index contributed by atoms with van der Waals surface area (Å²) in [7, 11) is 0. The molecule has 0 bridgehead atoms. The molecule has 2 rings (SSSR count). The quantitative estimate of drug-likeness (QED) is 0.865. The van der Waals surface area contributed by atoms with E-state index in [1.54, 1.807) is 12.1 Å². The lowest BCUT2D eigenvalue weighted by Gasteiger charge is -2.22. The molecular formula is C16H22FNO2. The van der Waals surface area contributed by atoms with Crippen LogP contribution in [0.4, 0.5) is 4.39 Å². The van der Waals surface area contributed by atoms with Gasteiger partial charge < -0.3 is 10.1 Å². The molecule has 0 spiro atoms. The first-order chi connectivity index (χ1) is 9.33. The summed E-state index contributed by atoms with van der Waals surface area (Å²) in [5, 5.41) is 3.21. The van der Waals surface area contributed by atoms with E-state index < -0.39 is 5.60 Å². The molecule has 1 fully saturated rings. The molecule has 1 aromatic carbocycles. The molecule has 0 aliphatic carbocycles. The first-order valence-corrected chi connectivity index (χ1v) is 7.04. The topological polar surface area (TPSA) is 38.3 Å². The molecule has 1 heterocycles. The van der Waals surface area contributed by atoms with E-state index in [4.69, 9.17) is 4.74 Å². The molecule has 1 N–H and O–H groups in total. The number of rotatable bonds is 3. The third-order valence-electron chi connectivity index (χ3n) is 3.35. The molecule has 1 saturated heterocycles. The Bertz CT molecular complexity index is 464. The summed E-state index contributed by atoms with van der Waals surface area (Å²) < 4.78 is 18.2. The molecule has 1 aliphatic rings. The lowest BCUT2D eigenvalue weighted by atomic mass is 9.96. The first-order valence-electron chi connectivity index (χ1n) is 7.04. The maximum absolute atomic E-state index is 12.9. The van der Waals surface area contributed by atoms with Crippen molar-refractivity contribution in [3.05, 3.63) is 35.6 Å². The Morgan fingerprint density at radius 3 is 2.60 bits per heavy atom. The van der Waals surface area contributed by atoms with E-state index in [1.165, 1.54) is 12.1 Å². The highest BCUT2D eigenvalue weighted by Gasteiger charge is 2.32. The number of nitrogens with one attached hydrogen (secondary N) is 1. The van der Waals surface area contributed by atoms with Gasteiger partial charge in [0.15, 0.2) is 0 Å². The maximum atomic E-state index is 12.9. The minimum Gasteiger partial charge on any atom is -0.459 e. The summed E-state index contributed by atoms with van der Waals surface area (Å²) in [5.41, 5.74) is 0.649. The highest BCUT2D eigenvalue weighted by molar-refractivity contribution is 5.76. The fourth-order valence-corrected chi connectivity index (χ4v) is 2.47. The van der Waals surface area contributed by atoms with Crippen LogP contribution in [0.5, 0.6) is 0 Å². The SMILES string of the molecule is CC(C)(C)OC(=O)[C@H]1CC(Cc2ccc(F)cc2)CN1. The van der Waals surface area contributed by atoms with Gasteiger partial charge in [0.2, 0.25) is 0 Å². The van der Waals surface area contributed by atoms with E-state index in [9.17, 15) is 9.18 Å². The van der Waals surface area contributed by atoms with Crippen LogP contribution in [-0.2, 0) is 16.0 Å². The number of carbonyl (C=O) groups excluding carboxylic acids is 1. The predicted octanol–water partition coefficient (Wildman–Crippen LogP) is 2.69. The summed E-state index contributed by atoms with van der Waals surface area (Å²) in [6.07, 6.45) is 1.62. The van der Waals surface area contributed by atoms with E-state index >= 15 is 0 Å². The van der Waals surface area contributed by atoms with Crippen LogP contribution in [-0.4, -0.2) is 24.2 Å². The fourth-order valence-electron chi connectivity index (χ4n) is 2.47. The Balaban J connectivity index is 1.86. The minimum absolute atomic E-state index is 0.181. The molecule has 20 heavy (non-hydrogen) atoms. The number of hydrogen-bond acceptors (Lipinski definition) is 3. The van der Waals surface area contributed by atoms with Crippen molar-refractivity contribution in [2.45, 2.75) is 45.3 Å². The van der Waals surface area contributed by atoms with Crippen LogP contribution in [0.3, 0.4) is 0 Å². The molecule has 1 aromatic rings. The third kappa shape index (κ3) is 4.30. The van der Waals surface area contributed by atoms with Crippen molar-refractivity contribution in [1.82, 2.24) is 5.32 Å². The molecule has 0 aromatic heterocycles. The van der Waals surface area contributed by atoms with Gasteiger partial charge in [-0.1, -0.05) is 12.1 Å². The second-order valence-electron chi connectivity index (χ2n) is 6.43. The third-order valence-corrected chi connectivity index (χ3v) is 3.35. The number of ether oxygens (including phenoxy) is 1.